The Morgan fingerprint density at radius 1 is 1.50 bits per heavy atom. The van der Waals surface area contributed by atoms with Crippen LogP contribution in [0.2, 0.25) is 5.02 Å². The van der Waals surface area contributed by atoms with Gasteiger partial charge in [-0.2, -0.15) is 0 Å². The molecule has 0 fully saturated rings. The van der Waals surface area contributed by atoms with Crippen molar-refractivity contribution in [3.05, 3.63) is 35.0 Å². The second-order valence-corrected chi connectivity index (χ2v) is 4.00. The molecule has 0 aliphatic rings. The molecular formula is C11H10ClNO3. The molecule has 84 valence electrons. The third kappa shape index (κ3) is 2.03. The standard InChI is InChI=1S/C11H10ClNO3/c12-7-1-2-8-6(3-10(14)11(15)16)5-13-9(8)4-7/h1-2,4-5,10,13-14H,3H2,(H,15,16). The summed E-state index contributed by atoms with van der Waals surface area (Å²) in [5, 5.41) is 19.4. The van der Waals surface area contributed by atoms with Crippen molar-refractivity contribution in [2.45, 2.75) is 12.5 Å². The first-order valence-electron chi connectivity index (χ1n) is 4.74. The maximum atomic E-state index is 10.5. The largest absolute Gasteiger partial charge is 0.479 e. The van der Waals surface area contributed by atoms with Crippen LogP contribution in [0, 0.1) is 0 Å². The summed E-state index contributed by atoms with van der Waals surface area (Å²) in [7, 11) is 0. The molecule has 2 aromatic rings. The normalized spacial score (nSPS) is 12.9. The van der Waals surface area contributed by atoms with Crippen molar-refractivity contribution >= 4 is 28.5 Å². The van der Waals surface area contributed by atoms with Crippen LogP contribution < -0.4 is 0 Å². The molecule has 0 spiro atoms. The van der Waals surface area contributed by atoms with E-state index in [1.54, 1.807) is 24.4 Å². The summed E-state index contributed by atoms with van der Waals surface area (Å²) >= 11 is 5.82. The summed E-state index contributed by atoms with van der Waals surface area (Å²) in [5.41, 5.74) is 1.60. The van der Waals surface area contributed by atoms with Gasteiger partial charge >= 0.3 is 5.97 Å². The van der Waals surface area contributed by atoms with E-state index in [4.69, 9.17) is 16.7 Å². The molecule has 1 aromatic heterocycles. The highest BCUT2D eigenvalue weighted by Crippen LogP contribution is 2.22. The van der Waals surface area contributed by atoms with Gasteiger partial charge in [0.15, 0.2) is 6.10 Å². The van der Waals surface area contributed by atoms with Gasteiger partial charge in [0.2, 0.25) is 0 Å². The Labute approximate surface area is 96.5 Å². The predicted molar refractivity (Wildman–Crippen MR) is 60.7 cm³/mol. The predicted octanol–water partition coefficient (Wildman–Crippen LogP) is 1.81. The molecule has 3 N–H and O–H groups in total. The average Bonchev–Trinajstić information content (AvgIpc) is 2.60. The third-order valence-corrected chi connectivity index (χ3v) is 2.66. The van der Waals surface area contributed by atoms with E-state index in [-0.39, 0.29) is 6.42 Å². The van der Waals surface area contributed by atoms with Gasteiger partial charge in [0.05, 0.1) is 0 Å². The molecule has 0 bridgehead atoms. The highest BCUT2D eigenvalue weighted by Gasteiger charge is 2.16. The fraction of sp³-hybridized carbons (Fsp3) is 0.182. The molecule has 0 aliphatic heterocycles. The zero-order chi connectivity index (χ0) is 11.7. The number of carboxylic acid groups (broad SMARTS) is 1. The Kier molecular flexibility index (Phi) is 2.85. The fourth-order valence-corrected chi connectivity index (χ4v) is 1.80. The first kappa shape index (κ1) is 11.0. The van der Waals surface area contributed by atoms with Crippen molar-refractivity contribution < 1.29 is 15.0 Å². The van der Waals surface area contributed by atoms with Crippen LogP contribution in [0.1, 0.15) is 5.56 Å². The summed E-state index contributed by atoms with van der Waals surface area (Å²) in [6.45, 7) is 0. The number of benzene rings is 1. The van der Waals surface area contributed by atoms with E-state index < -0.39 is 12.1 Å². The van der Waals surface area contributed by atoms with Crippen LogP contribution in [0.25, 0.3) is 10.9 Å². The summed E-state index contributed by atoms with van der Waals surface area (Å²) < 4.78 is 0. The minimum Gasteiger partial charge on any atom is -0.479 e. The van der Waals surface area contributed by atoms with Gasteiger partial charge in [-0.25, -0.2) is 4.79 Å². The molecule has 2 rings (SSSR count). The smallest absolute Gasteiger partial charge is 0.332 e. The SMILES string of the molecule is O=C(O)C(O)Cc1c[nH]c2cc(Cl)ccc12. The average molecular weight is 240 g/mol. The van der Waals surface area contributed by atoms with Crippen LogP contribution in [0.5, 0.6) is 0 Å². The van der Waals surface area contributed by atoms with Crippen LogP contribution in [0.3, 0.4) is 0 Å². The van der Waals surface area contributed by atoms with E-state index in [2.05, 4.69) is 4.98 Å². The van der Waals surface area contributed by atoms with Crippen LogP contribution in [0.4, 0.5) is 0 Å². The lowest BCUT2D eigenvalue weighted by molar-refractivity contribution is -0.146. The van der Waals surface area contributed by atoms with Gasteiger partial charge in [-0.1, -0.05) is 17.7 Å². The van der Waals surface area contributed by atoms with Crippen LogP contribution in [-0.4, -0.2) is 27.3 Å². The lowest BCUT2D eigenvalue weighted by Crippen LogP contribution is -2.21. The molecule has 1 heterocycles. The highest BCUT2D eigenvalue weighted by molar-refractivity contribution is 6.31. The summed E-state index contributed by atoms with van der Waals surface area (Å²) in [5.74, 6) is -1.22. The van der Waals surface area contributed by atoms with Crippen LogP contribution in [0.15, 0.2) is 24.4 Å². The maximum absolute atomic E-state index is 10.5. The lowest BCUT2D eigenvalue weighted by atomic mass is 10.1. The summed E-state index contributed by atoms with van der Waals surface area (Å²) in [6.07, 6.45) is 0.388. The van der Waals surface area contributed by atoms with Crippen LogP contribution >= 0.6 is 11.6 Å². The van der Waals surface area contributed by atoms with Crippen molar-refractivity contribution in [3.8, 4) is 0 Å². The number of hydrogen-bond donors (Lipinski definition) is 3. The van der Waals surface area contributed by atoms with Gasteiger partial charge in [0, 0.05) is 28.5 Å². The van der Waals surface area contributed by atoms with Gasteiger partial charge in [0.1, 0.15) is 0 Å². The Balaban J connectivity index is 2.35. The highest BCUT2D eigenvalue weighted by atomic mass is 35.5. The molecule has 4 nitrogen and oxygen atoms in total. The number of carbonyl (C=O) groups is 1. The topological polar surface area (TPSA) is 73.3 Å². The second-order valence-electron chi connectivity index (χ2n) is 3.56. The molecule has 0 radical (unpaired) electrons. The fourth-order valence-electron chi connectivity index (χ4n) is 1.62. The Hall–Kier alpha value is -1.52. The maximum Gasteiger partial charge on any atom is 0.332 e. The molecule has 5 heteroatoms. The minimum atomic E-state index is -1.38. The first-order chi connectivity index (χ1) is 7.58. The van der Waals surface area contributed by atoms with Crippen molar-refractivity contribution in [1.82, 2.24) is 4.98 Å². The van der Waals surface area contributed by atoms with E-state index in [9.17, 15) is 9.90 Å². The number of H-pyrrole nitrogens is 1. The van der Waals surface area contributed by atoms with Gasteiger partial charge in [-0.3, -0.25) is 0 Å². The van der Waals surface area contributed by atoms with Gasteiger partial charge < -0.3 is 15.2 Å². The monoisotopic (exact) mass is 239 g/mol. The van der Waals surface area contributed by atoms with Crippen molar-refractivity contribution in [1.29, 1.82) is 0 Å². The Morgan fingerprint density at radius 3 is 2.94 bits per heavy atom. The number of halogens is 1. The summed E-state index contributed by atoms with van der Waals surface area (Å²) in [4.78, 5) is 13.5. The van der Waals surface area contributed by atoms with E-state index in [1.807, 2.05) is 0 Å². The number of carboxylic acids is 1. The molecule has 1 aromatic carbocycles. The quantitative estimate of drug-likeness (QED) is 0.765. The number of aliphatic hydroxyl groups excluding tert-OH is 1. The van der Waals surface area contributed by atoms with Crippen molar-refractivity contribution in [2.24, 2.45) is 0 Å². The summed E-state index contributed by atoms with van der Waals surface area (Å²) in [6, 6.07) is 5.29. The minimum absolute atomic E-state index is 0.0803. The van der Waals surface area contributed by atoms with E-state index in [0.29, 0.717) is 5.02 Å². The zero-order valence-corrected chi connectivity index (χ0v) is 9.03. The number of fused-ring (bicyclic) bond motifs is 1. The number of rotatable bonds is 3. The molecule has 0 amide bonds. The van der Waals surface area contributed by atoms with Crippen molar-refractivity contribution in [2.75, 3.05) is 0 Å². The van der Waals surface area contributed by atoms with Gasteiger partial charge in [-0.05, 0) is 17.7 Å². The number of aromatic nitrogens is 1. The number of aliphatic carboxylic acids is 1. The van der Waals surface area contributed by atoms with Crippen LogP contribution in [-0.2, 0) is 11.2 Å². The van der Waals surface area contributed by atoms with Gasteiger partial charge in [-0.15, -0.1) is 0 Å². The molecule has 0 aliphatic carbocycles. The lowest BCUT2D eigenvalue weighted by Gasteiger charge is -2.03. The second kappa shape index (κ2) is 4.15. The van der Waals surface area contributed by atoms with E-state index in [1.165, 1.54) is 0 Å². The van der Waals surface area contributed by atoms with Gasteiger partial charge in [0.25, 0.3) is 0 Å². The Bertz CT molecular complexity index is 535. The molecular weight excluding hydrogens is 230 g/mol. The number of nitrogens with one attached hydrogen (secondary N) is 1. The van der Waals surface area contributed by atoms with Crippen molar-refractivity contribution in [3.63, 3.8) is 0 Å². The number of aliphatic hydroxyl groups is 1. The Morgan fingerprint density at radius 2 is 2.25 bits per heavy atom. The first-order valence-corrected chi connectivity index (χ1v) is 5.12. The van der Waals surface area contributed by atoms with E-state index >= 15 is 0 Å². The third-order valence-electron chi connectivity index (χ3n) is 2.43. The molecule has 1 atom stereocenters. The molecule has 0 saturated carbocycles. The molecule has 0 saturated heterocycles. The molecule has 1 unspecified atom stereocenters. The number of hydrogen-bond acceptors (Lipinski definition) is 2. The number of aromatic amines is 1. The zero-order valence-electron chi connectivity index (χ0n) is 8.27. The van der Waals surface area contributed by atoms with E-state index in [0.717, 1.165) is 16.5 Å². The molecule has 16 heavy (non-hydrogen) atoms.